The highest BCUT2D eigenvalue weighted by Crippen LogP contribution is 2.40. The van der Waals surface area contributed by atoms with Crippen LogP contribution in [-0.2, 0) is 11.3 Å². The van der Waals surface area contributed by atoms with E-state index in [0.717, 1.165) is 35.5 Å². The molecule has 0 bridgehead atoms. The normalized spacial score (nSPS) is 16.1. The van der Waals surface area contributed by atoms with Gasteiger partial charge in [-0.05, 0) is 56.0 Å². The van der Waals surface area contributed by atoms with E-state index in [9.17, 15) is 4.79 Å². The summed E-state index contributed by atoms with van der Waals surface area (Å²) in [6.07, 6.45) is -0.456. The Bertz CT molecular complexity index is 861. The number of nitrogens with one attached hydrogen (secondary N) is 1. The van der Waals surface area contributed by atoms with Gasteiger partial charge >= 0.3 is 6.09 Å². The zero-order valence-corrected chi connectivity index (χ0v) is 19.1. The minimum absolute atomic E-state index is 0. The van der Waals surface area contributed by atoms with Gasteiger partial charge in [0.15, 0.2) is 0 Å². The van der Waals surface area contributed by atoms with Crippen LogP contribution in [0.25, 0.3) is 0 Å². The van der Waals surface area contributed by atoms with Crippen molar-refractivity contribution in [3.63, 3.8) is 0 Å². The Balaban J connectivity index is 0.00000300. The van der Waals surface area contributed by atoms with Crippen molar-refractivity contribution in [1.82, 2.24) is 9.80 Å². The largest absolute Gasteiger partial charge is 0.448 e. The first-order valence-corrected chi connectivity index (χ1v) is 9.94. The fourth-order valence-electron chi connectivity index (χ4n) is 3.49. The maximum absolute atomic E-state index is 12.2. The molecule has 0 aliphatic carbocycles. The predicted octanol–water partition coefficient (Wildman–Crippen LogP) is 5.10. The Morgan fingerprint density at radius 1 is 1.24 bits per heavy atom. The second kappa shape index (κ2) is 10.5. The second-order valence-corrected chi connectivity index (χ2v) is 8.20. The van der Waals surface area contributed by atoms with Crippen LogP contribution in [0.1, 0.15) is 22.6 Å². The van der Waals surface area contributed by atoms with Crippen LogP contribution in [0.2, 0.25) is 10.0 Å². The van der Waals surface area contributed by atoms with Gasteiger partial charge in [0.1, 0.15) is 6.61 Å². The van der Waals surface area contributed by atoms with E-state index in [1.54, 1.807) is 6.07 Å². The van der Waals surface area contributed by atoms with Gasteiger partial charge in [0.25, 0.3) is 0 Å². The fourth-order valence-corrected chi connectivity index (χ4v) is 4.06. The van der Waals surface area contributed by atoms with Crippen LogP contribution >= 0.6 is 35.6 Å². The quantitative estimate of drug-likeness (QED) is 0.677. The molecule has 2 aromatic carbocycles. The van der Waals surface area contributed by atoms with Gasteiger partial charge in [-0.2, -0.15) is 0 Å². The molecule has 1 unspecified atom stereocenters. The van der Waals surface area contributed by atoms with Crippen molar-refractivity contribution in [2.24, 2.45) is 0 Å². The van der Waals surface area contributed by atoms with Crippen LogP contribution in [-0.4, -0.2) is 56.7 Å². The van der Waals surface area contributed by atoms with Crippen LogP contribution in [0.5, 0.6) is 0 Å². The predicted molar refractivity (Wildman–Crippen MR) is 122 cm³/mol. The van der Waals surface area contributed by atoms with Crippen LogP contribution in [0.3, 0.4) is 0 Å². The van der Waals surface area contributed by atoms with Crippen LogP contribution < -0.4 is 5.32 Å². The van der Waals surface area contributed by atoms with Gasteiger partial charge in [-0.25, -0.2) is 4.79 Å². The molecule has 3 rings (SSSR count). The lowest BCUT2D eigenvalue weighted by Crippen LogP contribution is -2.32. The molecule has 1 atom stereocenters. The smallest absolute Gasteiger partial charge is 0.411 e. The molecule has 1 N–H and O–H groups in total. The Kier molecular flexibility index (Phi) is 8.61. The molecule has 1 aliphatic rings. The van der Waals surface area contributed by atoms with E-state index < -0.39 is 6.09 Å². The average Bonchev–Trinajstić information content (AvgIpc) is 2.62. The number of carbonyl (C=O) groups excluding carboxylic acids is 1. The number of para-hydroxylation sites is 1. The first-order chi connectivity index (χ1) is 13.3. The summed E-state index contributed by atoms with van der Waals surface area (Å²) >= 11 is 12.8. The summed E-state index contributed by atoms with van der Waals surface area (Å²) in [5.74, 6) is 0.0447. The van der Waals surface area contributed by atoms with Gasteiger partial charge in [-0.3, -0.25) is 5.32 Å². The molecule has 8 heteroatoms. The number of anilines is 1. The van der Waals surface area contributed by atoms with Crippen molar-refractivity contribution in [1.29, 1.82) is 0 Å². The van der Waals surface area contributed by atoms with Crippen LogP contribution in [0, 0.1) is 0 Å². The van der Waals surface area contributed by atoms with Gasteiger partial charge < -0.3 is 14.5 Å². The summed E-state index contributed by atoms with van der Waals surface area (Å²) < 4.78 is 5.28. The molecule has 0 saturated heterocycles. The van der Waals surface area contributed by atoms with Gasteiger partial charge in [0, 0.05) is 41.3 Å². The first kappa shape index (κ1) is 23.8. The standard InChI is InChI=1S/C21H25Cl2N3O2.ClH/c1-25(2)8-9-28-21(27)24-20-7-5-4-6-15(20)17-12-26(3)13-18-16(17)10-14(22)11-19(18)23;/h4-7,10-11,17H,8-9,12-13H2,1-3H3,(H,24,27);1H. The van der Waals surface area contributed by atoms with Crippen molar-refractivity contribution < 1.29 is 9.53 Å². The second-order valence-electron chi connectivity index (χ2n) is 7.36. The van der Waals surface area contributed by atoms with Gasteiger partial charge in [-0.1, -0.05) is 41.4 Å². The van der Waals surface area contributed by atoms with Gasteiger partial charge in [0.2, 0.25) is 0 Å². The van der Waals surface area contributed by atoms with Crippen LogP contribution in [0.15, 0.2) is 36.4 Å². The molecule has 0 fully saturated rings. The number of amides is 1. The minimum atomic E-state index is -0.456. The average molecular weight is 459 g/mol. The number of benzene rings is 2. The van der Waals surface area contributed by atoms with Gasteiger partial charge in [-0.15, -0.1) is 12.4 Å². The lowest BCUT2D eigenvalue weighted by atomic mass is 9.84. The van der Waals surface area contributed by atoms with E-state index in [4.69, 9.17) is 27.9 Å². The van der Waals surface area contributed by atoms with E-state index in [1.165, 1.54) is 0 Å². The number of nitrogens with zero attached hydrogens (tertiary/aromatic N) is 2. The van der Waals surface area contributed by atoms with E-state index in [0.29, 0.717) is 23.2 Å². The highest BCUT2D eigenvalue weighted by molar-refractivity contribution is 6.35. The third kappa shape index (κ3) is 6.00. The van der Waals surface area contributed by atoms with E-state index >= 15 is 0 Å². The monoisotopic (exact) mass is 457 g/mol. The van der Waals surface area contributed by atoms with Crippen molar-refractivity contribution in [2.75, 3.05) is 46.2 Å². The molecular weight excluding hydrogens is 433 g/mol. The van der Waals surface area contributed by atoms with Crippen molar-refractivity contribution in [3.05, 3.63) is 63.1 Å². The summed E-state index contributed by atoms with van der Waals surface area (Å²) in [6, 6.07) is 11.5. The number of hydrogen-bond acceptors (Lipinski definition) is 4. The van der Waals surface area contributed by atoms with Crippen molar-refractivity contribution in [2.45, 2.75) is 12.5 Å². The summed E-state index contributed by atoms with van der Waals surface area (Å²) in [5.41, 5.74) is 3.93. The summed E-state index contributed by atoms with van der Waals surface area (Å²) in [5, 5.41) is 4.18. The topological polar surface area (TPSA) is 44.8 Å². The molecule has 0 aromatic heterocycles. The molecule has 0 spiro atoms. The molecule has 29 heavy (non-hydrogen) atoms. The van der Waals surface area contributed by atoms with Crippen LogP contribution in [0.4, 0.5) is 10.5 Å². The first-order valence-electron chi connectivity index (χ1n) is 9.19. The Morgan fingerprint density at radius 3 is 2.69 bits per heavy atom. The molecular formula is C21H26Cl3N3O2. The lowest BCUT2D eigenvalue weighted by molar-refractivity contribution is 0.151. The highest BCUT2D eigenvalue weighted by Gasteiger charge is 2.28. The SMILES string of the molecule is CN(C)CCOC(=O)Nc1ccccc1C1CN(C)Cc2c(Cl)cc(Cl)cc21.Cl. The molecule has 5 nitrogen and oxygen atoms in total. The molecule has 1 aliphatic heterocycles. The molecule has 0 saturated carbocycles. The molecule has 0 radical (unpaired) electrons. The number of hydrogen-bond donors (Lipinski definition) is 1. The number of fused-ring (bicyclic) bond motifs is 1. The summed E-state index contributed by atoms with van der Waals surface area (Å²) in [6.45, 7) is 2.58. The molecule has 2 aromatic rings. The van der Waals surface area contributed by atoms with Crippen molar-refractivity contribution in [3.8, 4) is 0 Å². The third-order valence-electron chi connectivity index (χ3n) is 4.84. The number of ether oxygens (including phenoxy) is 1. The number of halogens is 3. The molecule has 158 valence electrons. The zero-order valence-electron chi connectivity index (χ0n) is 16.7. The summed E-state index contributed by atoms with van der Waals surface area (Å²) in [4.78, 5) is 16.4. The highest BCUT2D eigenvalue weighted by atomic mass is 35.5. The Labute approximate surface area is 188 Å². The number of rotatable bonds is 5. The minimum Gasteiger partial charge on any atom is -0.448 e. The zero-order chi connectivity index (χ0) is 20.3. The number of likely N-dealkylation sites (N-methyl/N-ethyl adjacent to an activating group) is 2. The molecule has 1 heterocycles. The molecule has 1 amide bonds. The van der Waals surface area contributed by atoms with Crippen molar-refractivity contribution >= 4 is 47.4 Å². The van der Waals surface area contributed by atoms with E-state index in [-0.39, 0.29) is 18.3 Å². The Morgan fingerprint density at radius 2 is 1.97 bits per heavy atom. The van der Waals surface area contributed by atoms with E-state index in [2.05, 4.69) is 17.3 Å². The maximum atomic E-state index is 12.2. The number of carbonyl (C=O) groups is 1. The summed E-state index contributed by atoms with van der Waals surface area (Å²) in [7, 11) is 5.93. The lowest BCUT2D eigenvalue weighted by Gasteiger charge is -2.34. The van der Waals surface area contributed by atoms with E-state index in [1.807, 2.05) is 49.3 Å². The fraction of sp³-hybridized carbons (Fsp3) is 0.381. The maximum Gasteiger partial charge on any atom is 0.411 e. The Hall–Kier alpha value is -1.50. The van der Waals surface area contributed by atoms with Gasteiger partial charge in [0.05, 0.1) is 0 Å². The third-order valence-corrected chi connectivity index (χ3v) is 5.39.